The van der Waals surface area contributed by atoms with Gasteiger partial charge in [0.1, 0.15) is 0 Å². The van der Waals surface area contributed by atoms with Gasteiger partial charge in [-0.2, -0.15) is 0 Å². The highest BCUT2D eigenvalue weighted by Gasteiger charge is 2.12. The molecule has 16 heavy (non-hydrogen) atoms. The molecule has 0 spiro atoms. The summed E-state index contributed by atoms with van der Waals surface area (Å²) < 4.78 is 5.13. The summed E-state index contributed by atoms with van der Waals surface area (Å²) in [5, 5.41) is 0. The third-order valence-corrected chi connectivity index (χ3v) is 2.74. The van der Waals surface area contributed by atoms with Crippen LogP contribution in [0.5, 0.6) is 0 Å². The van der Waals surface area contributed by atoms with Crippen LogP contribution in [0.25, 0.3) is 0 Å². The molecule has 4 heteroatoms. The molecule has 0 saturated carbocycles. The monoisotopic (exact) mass is 223 g/mol. The van der Waals surface area contributed by atoms with Gasteiger partial charge in [0, 0.05) is 25.9 Å². The van der Waals surface area contributed by atoms with Crippen LogP contribution in [0.1, 0.15) is 20.3 Å². The molecule has 0 bridgehead atoms. The number of nitrogen functional groups attached to an aromatic ring is 1. The first-order chi connectivity index (χ1) is 7.69. The van der Waals surface area contributed by atoms with Crippen LogP contribution in [-0.2, 0) is 4.74 Å². The molecular weight excluding hydrogens is 202 g/mol. The van der Waals surface area contributed by atoms with Crippen LogP contribution in [0.2, 0.25) is 0 Å². The molecule has 2 N–H and O–H groups in total. The largest absolute Gasteiger partial charge is 0.397 e. The van der Waals surface area contributed by atoms with E-state index in [9.17, 15) is 0 Å². The van der Waals surface area contributed by atoms with Gasteiger partial charge in [0.2, 0.25) is 0 Å². The summed E-state index contributed by atoms with van der Waals surface area (Å²) in [6.07, 6.45) is 4.59. The highest BCUT2D eigenvalue weighted by atomic mass is 16.5. The highest BCUT2D eigenvalue weighted by Crippen LogP contribution is 2.19. The van der Waals surface area contributed by atoms with E-state index in [0.29, 0.717) is 18.3 Å². The van der Waals surface area contributed by atoms with E-state index in [1.165, 1.54) is 0 Å². The Bertz CT molecular complexity index is 317. The van der Waals surface area contributed by atoms with E-state index in [1.807, 2.05) is 12.3 Å². The number of ether oxygens (including phenoxy) is 1. The minimum atomic E-state index is 0.457. The quantitative estimate of drug-likeness (QED) is 0.800. The molecule has 1 aromatic rings. The smallest absolute Gasteiger partial charge is 0.0637 e. The van der Waals surface area contributed by atoms with E-state index >= 15 is 0 Å². The van der Waals surface area contributed by atoms with Crippen molar-refractivity contribution in [1.29, 1.82) is 0 Å². The zero-order chi connectivity index (χ0) is 12.0. The van der Waals surface area contributed by atoms with Crippen molar-refractivity contribution < 1.29 is 4.74 Å². The van der Waals surface area contributed by atoms with Crippen molar-refractivity contribution in [2.24, 2.45) is 0 Å². The number of methoxy groups -OCH3 is 1. The van der Waals surface area contributed by atoms with Crippen LogP contribution in [0, 0.1) is 0 Å². The molecule has 0 aliphatic carbocycles. The fraction of sp³-hybridized carbons (Fsp3) is 0.583. The van der Waals surface area contributed by atoms with Crippen LogP contribution in [-0.4, -0.2) is 31.3 Å². The van der Waals surface area contributed by atoms with Crippen LogP contribution >= 0.6 is 0 Å². The van der Waals surface area contributed by atoms with Crippen molar-refractivity contribution in [3.63, 3.8) is 0 Å². The fourth-order valence-corrected chi connectivity index (χ4v) is 1.62. The van der Waals surface area contributed by atoms with Gasteiger partial charge in [-0.25, -0.2) is 0 Å². The Balaban J connectivity index is 2.82. The second-order valence-electron chi connectivity index (χ2n) is 3.92. The maximum absolute atomic E-state index is 5.75. The van der Waals surface area contributed by atoms with E-state index in [0.717, 1.165) is 18.7 Å². The molecule has 1 atom stereocenters. The van der Waals surface area contributed by atoms with Gasteiger partial charge >= 0.3 is 0 Å². The maximum Gasteiger partial charge on any atom is 0.0637 e. The minimum Gasteiger partial charge on any atom is -0.397 e. The Labute approximate surface area is 97.4 Å². The lowest BCUT2D eigenvalue weighted by Crippen LogP contribution is -2.35. The molecular formula is C12H21N3O. The van der Waals surface area contributed by atoms with Crippen molar-refractivity contribution in [2.45, 2.75) is 26.3 Å². The Kier molecular flexibility index (Phi) is 5.05. The van der Waals surface area contributed by atoms with Crippen LogP contribution in [0.15, 0.2) is 18.5 Å². The lowest BCUT2D eigenvalue weighted by molar-refractivity contribution is 0.203. The molecule has 0 aliphatic rings. The number of nitrogens with zero attached hydrogens (tertiary/aromatic N) is 2. The van der Waals surface area contributed by atoms with Crippen LogP contribution < -0.4 is 10.6 Å². The topological polar surface area (TPSA) is 51.4 Å². The van der Waals surface area contributed by atoms with Crippen LogP contribution in [0.4, 0.5) is 11.4 Å². The Morgan fingerprint density at radius 2 is 2.25 bits per heavy atom. The van der Waals surface area contributed by atoms with Crippen molar-refractivity contribution >= 4 is 11.4 Å². The van der Waals surface area contributed by atoms with E-state index in [1.54, 1.807) is 13.3 Å². The molecule has 0 aliphatic heterocycles. The molecule has 90 valence electrons. The summed E-state index contributed by atoms with van der Waals surface area (Å²) >= 11 is 0. The number of nitrogens with two attached hydrogens (primary N) is 1. The first-order valence-electron chi connectivity index (χ1n) is 5.65. The Morgan fingerprint density at radius 3 is 2.81 bits per heavy atom. The van der Waals surface area contributed by atoms with Gasteiger partial charge in [-0.15, -0.1) is 0 Å². The van der Waals surface area contributed by atoms with Gasteiger partial charge < -0.3 is 15.4 Å². The molecule has 1 aromatic heterocycles. The Morgan fingerprint density at radius 1 is 1.50 bits per heavy atom. The SMILES string of the molecule is CCC(C)N(CCOC)c1cncc(N)c1. The molecule has 1 unspecified atom stereocenters. The van der Waals surface area contributed by atoms with Crippen molar-refractivity contribution in [3.05, 3.63) is 18.5 Å². The van der Waals surface area contributed by atoms with E-state index in [2.05, 4.69) is 23.7 Å². The predicted octanol–water partition coefficient (Wildman–Crippen LogP) is 1.92. The third-order valence-electron chi connectivity index (χ3n) is 2.74. The second kappa shape index (κ2) is 6.33. The summed E-state index contributed by atoms with van der Waals surface area (Å²) in [4.78, 5) is 6.39. The van der Waals surface area contributed by atoms with Gasteiger partial charge in [-0.3, -0.25) is 4.98 Å². The molecule has 1 heterocycles. The average Bonchev–Trinajstić information content (AvgIpc) is 2.29. The van der Waals surface area contributed by atoms with Gasteiger partial charge in [0.15, 0.2) is 0 Å². The molecule has 0 radical (unpaired) electrons. The zero-order valence-corrected chi connectivity index (χ0v) is 10.3. The summed E-state index contributed by atoms with van der Waals surface area (Å²) in [6.45, 7) is 5.93. The number of hydrogen-bond donors (Lipinski definition) is 1. The maximum atomic E-state index is 5.75. The number of rotatable bonds is 6. The summed E-state index contributed by atoms with van der Waals surface area (Å²) in [5.74, 6) is 0. The van der Waals surface area contributed by atoms with Crippen LogP contribution in [0.3, 0.4) is 0 Å². The van der Waals surface area contributed by atoms with Gasteiger partial charge in [0.05, 0.1) is 24.2 Å². The average molecular weight is 223 g/mol. The number of pyridine rings is 1. The van der Waals surface area contributed by atoms with E-state index in [-0.39, 0.29) is 0 Å². The van der Waals surface area contributed by atoms with Gasteiger partial charge in [-0.05, 0) is 19.4 Å². The zero-order valence-electron chi connectivity index (χ0n) is 10.3. The molecule has 0 saturated heterocycles. The van der Waals surface area contributed by atoms with Gasteiger partial charge in [0.25, 0.3) is 0 Å². The molecule has 0 aromatic carbocycles. The normalized spacial score (nSPS) is 12.4. The fourth-order valence-electron chi connectivity index (χ4n) is 1.62. The third kappa shape index (κ3) is 3.38. The van der Waals surface area contributed by atoms with Crippen molar-refractivity contribution in [3.8, 4) is 0 Å². The first-order valence-corrected chi connectivity index (χ1v) is 5.65. The lowest BCUT2D eigenvalue weighted by atomic mass is 10.2. The lowest BCUT2D eigenvalue weighted by Gasteiger charge is -2.30. The number of hydrogen-bond acceptors (Lipinski definition) is 4. The standard InChI is InChI=1S/C12H21N3O/c1-4-10(2)15(5-6-16-3)12-7-11(13)8-14-9-12/h7-10H,4-6,13H2,1-3H3. The van der Waals surface area contributed by atoms with Crippen molar-refractivity contribution in [2.75, 3.05) is 30.9 Å². The minimum absolute atomic E-state index is 0.457. The summed E-state index contributed by atoms with van der Waals surface area (Å²) in [7, 11) is 1.71. The first kappa shape index (κ1) is 12.8. The molecule has 0 amide bonds. The van der Waals surface area contributed by atoms with Crippen molar-refractivity contribution in [1.82, 2.24) is 4.98 Å². The molecule has 4 nitrogen and oxygen atoms in total. The Hall–Kier alpha value is -1.29. The second-order valence-corrected chi connectivity index (χ2v) is 3.92. The highest BCUT2D eigenvalue weighted by molar-refractivity contribution is 5.53. The number of anilines is 2. The molecule has 0 fully saturated rings. The summed E-state index contributed by atoms with van der Waals surface area (Å²) in [6, 6.07) is 2.41. The van der Waals surface area contributed by atoms with Gasteiger partial charge in [-0.1, -0.05) is 6.92 Å². The summed E-state index contributed by atoms with van der Waals surface area (Å²) in [5.41, 5.74) is 7.51. The van der Waals surface area contributed by atoms with E-state index in [4.69, 9.17) is 10.5 Å². The molecule has 1 rings (SSSR count). The van der Waals surface area contributed by atoms with E-state index < -0.39 is 0 Å². The number of aromatic nitrogens is 1. The predicted molar refractivity (Wildman–Crippen MR) is 67.6 cm³/mol.